The highest BCUT2D eigenvalue weighted by molar-refractivity contribution is 9.10. The minimum absolute atomic E-state index is 0.0975. The van der Waals surface area contributed by atoms with E-state index in [1.165, 1.54) is 0 Å². The lowest BCUT2D eigenvalue weighted by molar-refractivity contribution is -0.110. The minimum atomic E-state index is -0.0975. The van der Waals surface area contributed by atoms with Gasteiger partial charge in [-0.15, -0.1) is 0 Å². The fourth-order valence-corrected chi connectivity index (χ4v) is 3.46. The van der Waals surface area contributed by atoms with E-state index in [4.69, 9.17) is 9.47 Å². The number of ether oxygens (including phenoxy) is 2. The van der Waals surface area contributed by atoms with Crippen LogP contribution in [-0.4, -0.2) is 12.5 Å². The predicted molar refractivity (Wildman–Crippen MR) is 119 cm³/mol. The first-order chi connectivity index (χ1) is 14.1. The van der Waals surface area contributed by atoms with E-state index < -0.39 is 0 Å². The molecule has 0 aliphatic carbocycles. The molecule has 0 spiro atoms. The Balaban J connectivity index is 1.59. The van der Waals surface area contributed by atoms with Crippen LogP contribution in [0.2, 0.25) is 0 Å². The van der Waals surface area contributed by atoms with Crippen LogP contribution in [0.15, 0.2) is 71.2 Å². The molecule has 1 aliphatic rings. The number of nitrogens with one attached hydrogen (secondary N) is 1. The number of carbonyl (C=O) groups excluding carboxylic acids is 1. The van der Waals surface area contributed by atoms with E-state index in [-0.39, 0.29) is 5.91 Å². The zero-order valence-electron chi connectivity index (χ0n) is 15.9. The molecular formula is C24H20BrNO3. The van der Waals surface area contributed by atoms with E-state index in [1.54, 1.807) is 0 Å². The van der Waals surface area contributed by atoms with Crippen LogP contribution in [0.1, 0.15) is 23.6 Å². The van der Waals surface area contributed by atoms with Gasteiger partial charge in [0.2, 0.25) is 0 Å². The zero-order chi connectivity index (χ0) is 20.2. The van der Waals surface area contributed by atoms with Crippen molar-refractivity contribution in [3.8, 4) is 11.5 Å². The van der Waals surface area contributed by atoms with Crippen molar-refractivity contribution in [1.29, 1.82) is 0 Å². The van der Waals surface area contributed by atoms with Gasteiger partial charge in [-0.25, -0.2) is 0 Å². The Bertz CT molecular complexity index is 1070. The molecule has 4 nitrogen and oxygen atoms in total. The van der Waals surface area contributed by atoms with Crippen molar-refractivity contribution in [1.82, 2.24) is 0 Å². The number of hydrogen-bond donors (Lipinski definition) is 1. The summed E-state index contributed by atoms with van der Waals surface area (Å²) in [5.41, 5.74) is 4.34. The molecule has 3 aromatic rings. The van der Waals surface area contributed by atoms with Crippen LogP contribution in [0.25, 0.3) is 11.6 Å². The molecule has 0 unspecified atom stereocenters. The lowest BCUT2D eigenvalue weighted by Crippen LogP contribution is -2.03. The summed E-state index contributed by atoms with van der Waals surface area (Å²) in [5, 5.41) is 2.89. The molecule has 0 bridgehead atoms. The standard InChI is InChI=1S/C24H20BrNO3/c1-2-28-23-14-17(13-20-19-5-3-4-6-21(19)26-24(20)27)9-12-22(23)29-15-16-7-10-18(25)11-8-16/h3-14H,2,15H2,1H3,(H,26,27)/b20-13+. The summed E-state index contributed by atoms with van der Waals surface area (Å²) < 4.78 is 12.8. The van der Waals surface area contributed by atoms with Crippen LogP contribution in [0, 0.1) is 0 Å². The molecule has 0 aromatic heterocycles. The Hall–Kier alpha value is -3.05. The van der Waals surface area contributed by atoms with Crippen molar-refractivity contribution in [3.05, 3.63) is 87.9 Å². The molecule has 3 aromatic carbocycles. The normalized spacial score (nSPS) is 13.9. The molecule has 0 fully saturated rings. The third-order valence-electron chi connectivity index (χ3n) is 4.60. The first-order valence-electron chi connectivity index (χ1n) is 9.40. The molecule has 29 heavy (non-hydrogen) atoms. The van der Waals surface area contributed by atoms with Crippen molar-refractivity contribution in [2.75, 3.05) is 11.9 Å². The third kappa shape index (κ3) is 4.35. The van der Waals surface area contributed by atoms with Gasteiger partial charge in [-0.1, -0.05) is 52.3 Å². The monoisotopic (exact) mass is 449 g/mol. The summed E-state index contributed by atoms with van der Waals surface area (Å²) in [6, 6.07) is 21.4. The second kappa shape index (κ2) is 8.53. The van der Waals surface area contributed by atoms with Gasteiger partial charge in [0, 0.05) is 21.3 Å². The van der Waals surface area contributed by atoms with Crippen LogP contribution >= 0.6 is 15.9 Å². The van der Waals surface area contributed by atoms with Gasteiger partial charge in [0.05, 0.1) is 6.61 Å². The van der Waals surface area contributed by atoms with Gasteiger partial charge in [-0.3, -0.25) is 4.79 Å². The van der Waals surface area contributed by atoms with Crippen LogP contribution in [0.4, 0.5) is 5.69 Å². The Morgan fingerprint density at radius 2 is 1.76 bits per heavy atom. The number of fused-ring (bicyclic) bond motifs is 1. The van der Waals surface area contributed by atoms with Gasteiger partial charge in [0.1, 0.15) is 6.61 Å². The molecule has 1 amide bonds. The number of carbonyl (C=O) groups is 1. The fraction of sp³-hybridized carbons (Fsp3) is 0.125. The SMILES string of the molecule is CCOc1cc(/C=C2/C(=O)Nc3ccccc32)ccc1OCc1ccc(Br)cc1. The smallest absolute Gasteiger partial charge is 0.256 e. The summed E-state index contributed by atoms with van der Waals surface area (Å²) in [5.74, 6) is 1.23. The first kappa shape index (κ1) is 19.3. The summed E-state index contributed by atoms with van der Waals surface area (Å²) in [6.07, 6.45) is 1.88. The first-order valence-corrected chi connectivity index (χ1v) is 10.2. The fourth-order valence-electron chi connectivity index (χ4n) is 3.19. The number of amides is 1. The zero-order valence-corrected chi connectivity index (χ0v) is 17.5. The predicted octanol–water partition coefficient (Wildman–Crippen LogP) is 5.92. The molecule has 0 atom stereocenters. The van der Waals surface area contributed by atoms with Crippen molar-refractivity contribution in [2.24, 2.45) is 0 Å². The van der Waals surface area contributed by atoms with Crippen LogP contribution in [0.3, 0.4) is 0 Å². The molecule has 0 radical (unpaired) electrons. The molecule has 1 heterocycles. The quantitative estimate of drug-likeness (QED) is 0.475. The van der Waals surface area contributed by atoms with Crippen LogP contribution in [-0.2, 0) is 11.4 Å². The van der Waals surface area contributed by atoms with Crippen molar-refractivity contribution >= 4 is 39.2 Å². The molecule has 4 rings (SSSR count). The van der Waals surface area contributed by atoms with Crippen molar-refractivity contribution < 1.29 is 14.3 Å². The maximum atomic E-state index is 12.4. The van der Waals surface area contributed by atoms with E-state index in [2.05, 4.69) is 21.2 Å². The molecule has 1 aliphatic heterocycles. The Kier molecular flexibility index (Phi) is 5.67. The number of benzene rings is 3. The lowest BCUT2D eigenvalue weighted by Gasteiger charge is -2.13. The van der Waals surface area contributed by atoms with Gasteiger partial charge in [0.15, 0.2) is 11.5 Å². The highest BCUT2D eigenvalue weighted by Gasteiger charge is 2.23. The number of anilines is 1. The van der Waals surface area contributed by atoms with E-state index in [1.807, 2.05) is 79.7 Å². The molecule has 0 saturated carbocycles. The van der Waals surface area contributed by atoms with Gasteiger partial charge in [0.25, 0.3) is 5.91 Å². The van der Waals surface area contributed by atoms with Crippen molar-refractivity contribution in [3.63, 3.8) is 0 Å². The third-order valence-corrected chi connectivity index (χ3v) is 5.12. The Morgan fingerprint density at radius 1 is 0.966 bits per heavy atom. The van der Waals surface area contributed by atoms with Crippen molar-refractivity contribution in [2.45, 2.75) is 13.5 Å². The van der Waals surface area contributed by atoms with Crippen LogP contribution < -0.4 is 14.8 Å². The van der Waals surface area contributed by atoms with E-state index in [0.717, 1.165) is 26.9 Å². The molecule has 1 N–H and O–H groups in total. The van der Waals surface area contributed by atoms with Gasteiger partial charge >= 0.3 is 0 Å². The molecular weight excluding hydrogens is 430 g/mol. The average Bonchev–Trinajstić information content (AvgIpc) is 3.04. The summed E-state index contributed by atoms with van der Waals surface area (Å²) in [4.78, 5) is 12.4. The van der Waals surface area contributed by atoms with E-state index in [0.29, 0.717) is 30.3 Å². The average molecular weight is 450 g/mol. The minimum Gasteiger partial charge on any atom is -0.490 e. The van der Waals surface area contributed by atoms with Crippen LogP contribution in [0.5, 0.6) is 11.5 Å². The topological polar surface area (TPSA) is 47.6 Å². The lowest BCUT2D eigenvalue weighted by atomic mass is 10.0. The number of rotatable bonds is 6. The number of para-hydroxylation sites is 1. The van der Waals surface area contributed by atoms with Gasteiger partial charge < -0.3 is 14.8 Å². The van der Waals surface area contributed by atoms with E-state index >= 15 is 0 Å². The van der Waals surface area contributed by atoms with Gasteiger partial charge in [-0.05, 0) is 54.5 Å². The number of hydrogen-bond acceptors (Lipinski definition) is 3. The summed E-state index contributed by atoms with van der Waals surface area (Å²) >= 11 is 3.44. The largest absolute Gasteiger partial charge is 0.490 e. The molecule has 0 saturated heterocycles. The Labute approximate surface area is 178 Å². The highest BCUT2D eigenvalue weighted by Crippen LogP contribution is 2.35. The second-order valence-electron chi connectivity index (χ2n) is 6.61. The Morgan fingerprint density at radius 3 is 2.55 bits per heavy atom. The second-order valence-corrected chi connectivity index (χ2v) is 7.53. The molecule has 146 valence electrons. The maximum absolute atomic E-state index is 12.4. The maximum Gasteiger partial charge on any atom is 0.256 e. The molecule has 5 heteroatoms. The van der Waals surface area contributed by atoms with Gasteiger partial charge in [-0.2, -0.15) is 0 Å². The summed E-state index contributed by atoms with van der Waals surface area (Å²) in [7, 11) is 0. The van der Waals surface area contributed by atoms with E-state index in [9.17, 15) is 4.79 Å². The summed E-state index contributed by atoms with van der Waals surface area (Å²) in [6.45, 7) is 2.91. The highest BCUT2D eigenvalue weighted by atomic mass is 79.9. The number of halogens is 1.